The van der Waals surface area contributed by atoms with Gasteiger partial charge < -0.3 is 4.74 Å². The molecule has 2 rings (SSSR count). The summed E-state index contributed by atoms with van der Waals surface area (Å²) in [7, 11) is 0. The average Bonchev–Trinajstić information content (AvgIpc) is 2.33. The smallest absolute Gasteiger partial charge is 0.146 e. The van der Waals surface area contributed by atoms with E-state index in [-0.39, 0.29) is 5.02 Å². The van der Waals surface area contributed by atoms with E-state index in [9.17, 15) is 4.39 Å². The molecule has 0 radical (unpaired) electrons. The van der Waals surface area contributed by atoms with Crippen LogP contribution in [0.5, 0.6) is 11.5 Å². The number of rotatable bonds is 2. The third kappa shape index (κ3) is 2.63. The summed E-state index contributed by atoms with van der Waals surface area (Å²) >= 11 is 9.11. The lowest BCUT2D eigenvalue weighted by atomic mass is 10.2. The van der Waals surface area contributed by atoms with Crippen molar-refractivity contribution in [3.05, 3.63) is 57.3 Å². The van der Waals surface area contributed by atoms with Crippen LogP contribution in [0.4, 0.5) is 4.39 Å². The standard InChI is InChI=1S/C13H6BrClFNO/c14-10-2-1-3-12(9(10)7-17)18-13-5-4-8(16)6-11(13)15/h1-6H. The summed E-state index contributed by atoms with van der Waals surface area (Å²) in [4.78, 5) is 0. The van der Waals surface area contributed by atoms with Gasteiger partial charge in [0.2, 0.25) is 0 Å². The van der Waals surface area contributed by atoms with Gasteiger partial charge in [-0.3, -0.25) is 0 Å². The van der Waals surface area contributed by atoms with Gasteiger partial charge in [-0.15, -0.1) is 0 Å². The van der Waals surface area contributed by atoms with Crippen LogP contribution < -0.4 is 4.74 Å². The van der Waals surface area contributed by atoms with E-state index < -0.39 is 5.82 Å². The molecule has 0 saturated heterocycles. The SMILES string of the molecule is N#Cc1c(Br)cccc1Oc1ccc(F)cc1Cl. The second-order valence-corrected chi connectivity index (χ2v) is 4.66. The Labute approximate surface area is 117 Å². The predicted molar refractivity (Wildman–Crippen MR) is 70.3 cm³/mol. The Morgan fingerprint density at radius 3 is 2.67 bits per heavy atom. The van der Waals surface area contributed by atoms with Gasteiger partial charge in [-0.1, -0.05) is 17.7 Å². The van der Waals surface area contributed by atoms with Gasteiger partial charge in [0.25, 0.3) is 0 Å². The van der Waals surface area contributed by atoms with Crippen molar-refractivity contribution >= 4 is 27.5 Å². The molecular weight excluding hydrogens is 321 g/mol. The largest absolute Gasteiger partial charge is 0.454 e. The zero-order valence-corrected chi connectivity index (χ0v) is 11.3. The zero-order chi connectivity index (χ0) is 13.1. The highest BCUT2D eigenvalue weighted by atomic mass is 79.9. The van der Waals surface area contributed by atoms with Gasteiger partial charge in [0.15, 0.2) is 0 Å². The Morgan fingerprint density at radius 2 is 2.00 bits per heavy atom. The van der Waals surface area contributed by atoms with Crippen molar-refractivity contribution in [3.63, 3.8) is 0 Å². The third-order valence-corrected chi connectivity index (χ3v) is 3.16. The summed E-state index contributed by atoms with van der Waals surface area (Å²) in [6.45, 7) is 0. The first-order chi connectivity index (χ1) is 8.61. The van der Waals surface area contributed by atoms with Crippen LogP contribution in [-0.2, 0) is 0 Å². The molecule has 0 aromatic heterocycles. The van der Waals surface area contributed by atoms with E-state index in [1.54, 1.807) is 18.2 Å². The molecule has 0 bridgehead atoms. The molecule has 2 aromatic rings. The van der Waals surface area contributed by atoms with Crippen molar-refractivity contribution in [1.29, 1.82) is 5.26 Å². The molecule has 0 unspecified atom stereocenters. The molecule has 0 aliphatic heterocycles. The van der Waals surface area contributed by atoms with Crippen LogP contribution in [0.3, 0.4) is 0 Å². The molecule has 18 heavy (non-hydrogen) atoms. The molecule has 0 saturated carbocycles. The van der Waals surface area contributed by atoms with Crippen LogP contribution in [0.2, 0.25) is 5.02 Å². The molecule has 2 aromatic carbocycles. The number of hydrogen-bond acceptors (Lipinski definition) is 2. The van der Waals surface area contributed by atoms with Gasteiger partial charge in [-0.2, -0.15) is 5.26 Å². The van der Waals surface area contributed by atoms with E-state index in [0.29, 0.717) is 21.5 Å². The highest BCUT2D eigenvalue weighted by Crippen LogP contribution is 2.33. The Balaban J connectivity index is 2.41. The van der Waals surface area contributed by atoms with Gasteiger partial charge in [-0.25, -0.2) is 4.39 Å². The second kappa shape index (κ2) is 5.38. The molecule has 0 aliphatic carbocycles. The summed E-state index contributed by atoms with van der Waals surface area (Å²) in [6.07, 6.45) is 0. The third-order valence-electron chi connectivity index (χ3n) is 2.20. The number of nitrogens with zero attached hydrogens (tertiary/aromatic N) is 1. The lowest BCUT2D eigenvalue weighted by Gasteiger charge is -2.09. The molecule has 0 N–H and O–H groups in total. The summed E-state index contributed by atoms with van der Waals surface area (Å²) < 4.78 is 19.0. The van der Waals surface area contributed by atoms with Crippen molar-refractivity contribution in [2.24, 2.45) is 0 Å². The molecule has 5 heteroatoms. The van der Waals surface area contributed by atoms with Gasteiger partial charge in [0, 0.05) is 4.47 Å². The van der Waals surface area contributed by atoms with Crippen molar-refractivity contribution in [3.8, 4) is 17.6 Å². The Kier molecular flexibility index (Phi) is 3.85. The van der Waals surface area contributed by atoms with E-state index in [1.165, 1.54) is 12.1 Å². The fourth-order valence-corrected chi connectivity index (χ4v) is 2.02. The van der Waals surface area contributed by atoms with E-state index in [2.05, 4.69) is 15.9 Å². The van der Waals surface area contributed by atoms with Crippen LogP contribution in [0, 0.1) is 17.1 Å². The average molecular weight is 327 g/mol. The molecule has 0 fully saturated rings. The Morgan fingerprint density at radius 1 is 1.22 bits per heavy atom. The summed E-state index contributed by atoms with van der Waals surface area (Å²) in [6, 6.07) is 10.9. The topological polar surface area (TPSA) is 33.0 Å². The van der Waals surface area contributed by atoms with Crippen molar-refractivity contribution in [2.45, 2.75) is 0 Å². The predicted octanol–water partition coefficient (Wildman–Crippen LogP) is 4.91. The zero-order valence-electron chi connectivity index (χ0n) is 8.95. The molecule has 0 aliphatic rings. The molecular formula is C13H6BrClFNO. The molecule has 2 nitrogen and oxygen atoms in total. The molecule has 0 amide bonds. The van der Waals surface area contributed by atoms with Crippen LogP contribution in [0.25, 0.3) is 0 Å². The minimum atomic E-state index is -0.443. The molecule has 0 spiro atoms. The monoisotopic (exact) mass is 325 g/mol. The summed E-state index contributed by atoms with van der Waals surface area (Å²) in [5.41, 5.74) is 0.359. The molecule has 0 atom stereocenters. The minimum Gasteiger partial charge on any atom is -0.454 e. The Hall–Kier alpha value is -1.57. The van der Waals surface area contributed by atoms with Crippen LogP contribution in [0.1, 0.15) is 5.56 Å². The Bertz CT molecular complexity index is 639. The number of nitriles is 1. The fraction of sp³-hybridized carbons (Fsp3) is 0. The lowest BCUT2D eigenvalue weighted by molar-refractivity contribution is 0.479. The normalized spacial score (nSPS) is 9.89. The number of ether oxygens (including phenoxy) is 1. The fourth-order valence-electron chi connectivity index (χ4n) is 1.37. The van der Waals surface area contributed by atoms with Crippen LogP contribution in [0.15, 0.2) is 40.9 Å². The van der Waals surface area contributed by atoms with Gasteiger partial charge in [0.1, 0.15) is 28.9 Å². The van der Waals surface area contributed by atoms with E-state index in [4.69, 9.17) is 21.6 Å². The first-order valence-electron chi connectivity index (χ1n) is 4.93. The quantitative estimate of drug-likeness (QED) is 0.786. The lowest BCUT2D eigenvalue weighted by Crippen LogP contribution is -1.90. The summed E-state index contributed by atoms with van der Waals surface area (Å²) in [5.74, 6) is 0.218. The highest BCUT2D eigenvalue weighted by Gasteiger charge is 2.10. The van der Waals surface area contributed by atoms with Gasteiger partial charge in [0.05, 0.1) is 5.02 Å². The number of hydrogen-bond donors (Lipinski definition) is 0. The maximum atomic E-state index is 12.9. The summed E-state index contributed by atoms with van der Waals surface area (Å²) in [5, 5.41) is 9.19. The first-order valence-corrected chi connectivity index (χ1v) is 6.10. The molecule has 90 valence electrons. The highest BCUT2D eigenvalue weighted by molar-refractivity contribution is 9.10. The van der Waals surface area contributed by atoms with E-state index in [0.717, 1.165) is 6.07 Å². The van der Waals surface area contributed by atoms with Crippen LogP contribution >= 0.6 is 27.5 Å². The van der Waals surface area contributed by atoms with E-state index >= 15 is 0 Å². The van der Waals surface area contributed by atoms with Gasteiger partial charge in [-0.05, 0) is 46.3 Å². The maximum absolute atomic E-state index is 12.9. The first kappa shape index (κ1) is 12.9. The van der Waals surface area contributed by atoms with Gasteiger partial charge >= 0.3 is 0 Å². The van der Waals surface area contributed by atoms with Crippen molar-refractivity contribution < 1.29 is 9.13 Å². The van der Waals surface area contributed by atoms with E-state index in [1.807, 2.05) is 6.07 Å². The van der Waals surface area contributed by atoms with Crippen molar-refractivity contribution in [1.82, 2.24) is 0 Å². The van der Waals surface area contributed by atoms with Crippen LogP contribution in [-0.4, -0.2) is 0 Å². The molecule has 0 heterocycles. The number of benzene rings is 2. The second-order valence-electron chi connectivity index (χ2n) is 3.40. The minimum absolute atomic E-state index is 0.152. The maximum Gasteiger partial charge on any atom is 0.146 e. The number of halogens is 3. The van der Waals surface area contributed by atoms with Crippen molar-refractivity contribution in [2.75, 3.05) is 0 Å².